The molecule has 3 aliphatic rings. The van der Waals surface area contributed by atoms with Gasteiger partial charge in [0.25, 0.3) is 0 Å². The molecular weight excluding hydrogens is 692 g/mol. The molecule has 0 saturated carbocycles. The maximum Gasteiger partial charge on any atom is 0.186 e. The van der Waals surface area contributed by atoms with E-state index in [2.05, 4.69) is 189 Å². The van der Waals surface area contributed by atoms with Gasteiger partial charge in [-0.05, 0) is 133 Å². The van der Waals surface area contributed by atoms with Crippen molar-refractivity contribution in [1.82, 2.24) is 0 Å². The topological polar surface area (TPSA) is 32.8 Å². The molecule has 0 bridgehead atoms. The summed E-state index contributed by atoms with van der Waals surface area (Å²) in [4.78, 5) is 4.67. The zero-order chi connectivity index (χ0) is 37.2. The van der Waals surface area contributed by atoms with Crippen LogP contribution in [0.5, 0.6) is 11.5 Å². The molecule has 4 nitrogen and oxygen atoms in total. The number of nitrogens with zero attached hydrogens (tertiary/aromatic N) is 2. The van der Waals surface area contributed by atoms with E-state index >= 15 is 4.57 Å². The molecule has 5 heteroatoms. The molecule has 11 rings (SSSR count). The Kier molecular flexibility index (Phi) is 6.76. The fourth-order valence-electron chi connectivity index (χ4n) is 9.16. The van der Waals surface area contributed by atoms with E-state index in [1.165, 1.54) is 22.3 Å². The Morgan fingerprint density at radius 1 is 0.418 bits per heavy atom. The number of benzene rings is 8. The number of hydrogen-bond donors (Lipinski definition) is 0. The van der Waals surface area contributed by atoms with E-state index in [0.717, 1.165) is 83.1 Å². The predicted molar refractivity (Wildman–Crippen MR) is 230 cm³/mol. The highest BCUT2D eigenvalue weighted by Gasteiger charge is 2.54. The van der Waals surface area contributed by atoms with Gasteiger partial charge in [0.2, 0.25) is 0 Å². The Balaban J connectivity index is 1.21. The Morgan fingerprint density at radius 2 is 0.964 bits per heavy atom. The zero-order valence-electron chi connectivity index (χ0n) is 31.1. The molecule has 8 aromatic carbocycles. The molecule has 0 radical (unpaired) electrons. The Bertz CT molecular complexity index is 2990. The van der Waals surface area contributed by atoms with Gasteiger partial charge < -0.3 is 19.1 Å². The van der Waals surface area contributed by atoms with Gasteiger partial charge in [-0.15, -0.1) is 0 Å². The van der Waals surface area contributed by atoms with E-state index in [9.17, 15) is 0 Å². The Labute approximate surface area is 321 Å². The van der Waals surface area contributed by atoms with Crippen molar-refractivity contribution in [3.05, 3.63) is 174 Å². The van der Waals surface area contributed by atoms with Crippen molar-refractivity contribution in [3.63, 3.8) is 0 Å². The molecule has 0 aliphatic carbocycles. The molecule has 1 unspecified atom stereocenters. The SMILES string of the molecule is Cc1ccc(N2c3cc(C)cc4c3P3(=O)c5c(cc(C)cc5N(c5ccc(-c6cccc(-c7ccccc7)c6)c6ccccc56)c5cc(C)cc2c53)O4)cc1. The van der Waals surface area contributed by atoms with Crippen LogP contribution in [-0.2, 0) is 4.57 Å². The van der Waals surface area contributed by atoms with Crippen molar-refractivity contribution in [3.8, 4) is 33.8 Å². The molecule has 8 aromatic rings. The van der Waals surface area contributed by atoms with Crippen LogP contribution in [0.2, 0.25) is 0 Å². The standard InChI is InChI=1S/C50H37N2O2P/c1-30-17-19-37(20-18-30)51-42-23-31(2)24-43-48(42)55(53)49-44(51)25-32(3)27-46(49)54-47-28-33(4)26-45(50(47)55)52(43)41-22-21-38(39-15-8-9-16-40(39)41)36-14-10-13-35(29-36)34-11-6-5-7-12-34/h5-29H,1-4H3. The molecule has 0 aromatic heterocycles. The minimum absolute atomic E-state index is 0.673. The van der Waals surface area contributed by atoms with Gasteiger partial charge in [0, 0.05) is 11.1 Å². The number of ether oxygens (including phenoxy) is 1. The van der Waals surface area contributed by atoms with Crippen LogP contribution >= 0.6 is 7.14 Å². The van der Waals surface area contributed by atoms with Crippen molar-refractivity contribution in [2.45, 2.75) is 27.7 Å². The second-order valence-electron chi connectivity index (χ2n) is 15.3. The summed E-state index contributed by atoms with van der Waals surface area (Å²) in [6.07, 6.45) is 0. The summed E-state index contributed by atoms with van der Waals surface area (Å²) in [7, 11) is -3.43. The lowest BCUT2D eigenvalue weighted by atomic mass is 9.94. The van der Waals surface area contributed by atoms with Crippen LogP contribution in [0.3, 0.4) is 0 Å². The highest BCUT2D eigenvalue weighted by atomic mass is 31.2. The van der Waals surface area contributed by atoms with Gasteiger partial charge in [0.05, 0.1) is 44.4 Å². The van der Waals surface area contributed by atoms with Crippen molar-refractivity contribution >= 4 is 68.0 Å². The van der Waals surface area contributed by atoms with Crippen LogP contribution in [0.25, 0.3) is 33.0 Å². The third kappa shape index (κ3) is 4.55. The second kappa shape index (κ2) is 11.6. The van der Waals surface area contributed by atoms with Gasteiger partial charge in [0.1, 0.15) is 11.5 Å². The number of fused-ring (bicyclic) bond motifs is 1. The number of hydrogen-bond acceptors (Lipinski definition) is 4. The second-order valence-corrected chi connectivity index (χ2v) is 17.8. The van der Waals surface area contributed by atoms with Crippen LogP contribution in [0.4, 0.5) is 34.1 Å². The van der Waals surface area contributed by atoms with E-state index in [-0.39, 0.29) is 0 Å². The molecule has 55 heavy (non-hydrogen) atoms. The number of aryl methyl sites for hydroxylation is 4. The van der Waals surface area contributed by atoms with E-state index < -0.39 is 7.14 Å². The largest absolute Gasteiger partial charge is 0.456 e. The molecule has 264 valence electrons. The number of anilines is 6. The van der Waals surface area contributed by atoms with Gasteiger partial charge in [-0.3, -0.25) is 0 Å². The maximum absolute atomic E-state index is 16.7. The molecule has 3 aliphatic heterocycles. The van der Waals surface area contributed by atoms with Crippen molar-refractivity contribution in [2.24, 2.45) is 0 Å². The van der Waals surface area contributed by atoms with Gasteiger partial charge in [-0.25, -0.2) is 0 Å². The molecule has 0 amide bonds. The smallest absolute Gasteiger partial charge is 0.186 e. The maximum atomic E-state index is 16.7. The first-order valence-electron chi connectivity index (χ1n) is 18.9. The van der Waals surface area contributed by atoms with Crippen LogP contribution in [0.1, 0.15) is 22.3 Å². The summed E-state index contributed by atoms with van der Waals surface area (Å²) in [6.45, 7) is 8.45. The molecule has 3 heterocycles. The molecule has 0 saturated heterocycles. The average Bonchev–Trinajstić information content (AvgIpc) is 3.18. The van der Waals surface area contributed by atoms with Crippen molar-refractivity contribution in [1.29, 1.82) is 0 Å². The highest BCUT2D eigenvalue weighted by Crippen LogP contribution is 2.66. The molecule has 0 N–H and O–H groups in total. The van der Waals surface area contributed by atoms with Gasteiger partial charge >= 0.3 is 0 Å². The summed E-state index contributed by atoms with van der Waals surface area (Å²) < 4.78 is 23.5. The summed E-state index contributed by atoms with van der Waals surface area (Å²) in [5, 5.41) is 4.70. The summed E-state index contributed by atoms with van der Waals surface area (Å²) in [5.41, 5.74) is 14.9. The first-order valence-corrected chi connectivity index (χ1v) is 20.6. The predicted octanol–water partition coefficient (Wildman–Crippen LogP) is 12.7. The van der Waals surface area contributed by atoms with E-state index in [1.54, 1.807) is 0 Å². The van der Waals surface area contributed by atoms with Crippen LogP contribution in [0.15, 0.2) is 152 Å². The summed E-state index contributed by atoms with van der Waals surface area (Å²) in [6, 6.07) is 54.1. The Hall–Kier alpha value is -6.35. The number of rotatable bonds is 4. The van der Waals surface area contributed by atoms with Crippen LogP contribution in [0, 0.1) is 27.7 Å². The normalized spacial score (nSPS) is 15.9. The first-order chi connectivity index (χ1) is 26.8. The lowest BCUT2D eigenvalue weighted by Gasteiger charge is -2.47. The third-order valence-electron chi connectivity index (χ3n) is 11.5. The van der Waals surface area contributed by atoms with Gasteiger partial charge in [-0.1, -0.05) is 96.6 Å². The summed E-state index contributed by atoms with van der Waals surface area (Å²) in [5.74, 6) is 1.35. The Morgan fingerprint density at radius 3 is 1.65 bits per heavy atom. The van der Waals surface area contributed by atoms with E-state index in [1.807, 2.05) is 0 Å². The fourth-order valence-corrected chi connectivity index (χ4v) is 12.6. The van der Waals surface area contributed by atoms with Gasteiger partial charge in [-0.2, -0.15) is 0 Å². The minimum atomic E-state index is -3.43. The van der Waals surface area contributed by atoms with E-state index in [0.29, 0.717) is 11.5 Å². The van der Waals surface area contributed by atoms with Gasteiger partial charge in [0.15, 0.2) is 7.14 Å². The monoisotopic (exact) mass is 728 g/mol. The fraction of sp³-hybridized carbons (Fsp3) is 0.0800. The summed E-state index contributed by atoms with van der Waals surface area (Å²) >= 11 is 0. The first kappa shape index (κ1) is 32.1. The molecule has 0 fully saturated rings. The minimum Gasteiger partial charge on any atom is -0.456 e. The molecule has 1 atom stereocenters. The van der Waals surface area contributed by atoms with Crippen LogP contribution in [-0.4, -0.2) is 0 Å². The van der Waals surface area contributed by atoms with Crippen molar-refractivity contribution < 1.29 is 9.30 Å². The van der Waals surface area contributed by atoms with Crippen molar-refractivity contribution in [2.75, 3.05) is 9.80 Å². The van der Waals surface area contributed by atoms with Crippen LogP contribution < -0.4 is 30.5 Å². The lowest BCUT2D eigenvalue weighted by Crippen LogP contribution is -2.45. The lowest BCUT2D eigenvalue weighted by molar-refractivity contribution is 0.484. The van der Waals surface area contributed by atoms with E-state index in [4.69, 9.17) is 4.74 Å². The third-order valence-corrected chi connectivity index (χ3v) is 14.7. The molecular formula is C50H37N2O2P. The highest BCUT2D eigenvalue weighted by molar-refractivity contribution is 7.87. The molecule has 0 spiro atoms. The zero-order valence-corrected chi connectivity index (χ0v) is 32.0. The quantitative estimate of drug-likeness (QED) is 0.169. The average molecular weight is 729 g/mol.